The molecule has 0 aromatic carbocycles. The van der Waals surface area contributed by atoms with E-state index in [-0.39, 0.29) is 5.41 Å². The molecule has 0 radical (unpaired) electrons. The van der Waals surface area contributed by atoms with E-state index in [1.807, 2.05) is 32.9 Å². The maximum atomic E-state index is 11.7. The summed E-state index contributed by atoms with van der Waals surface area (Å²) in [5.41, 5.74) is 6.52. The minimum atomic E-state index is -0.236. The number of carbonyl (C=O) groups excluding carboxylic acids is 1. The second-order valence-corrected chi connectivity index (χ2v) is 5.07. The summed E-state index contributed by atoms with van der Waals surface area (Å²) in [6.07, 6.45) is 3.95. The predicted octanol–water partition coefficient (Wildman–Crippen LogP) is 2.60. The molecule has 0 atom stereocenters. The first kappa shape index (κ1) is 12.7. The normalized spacial score (nSPS) is 11.4. The summed E-state index contributed by atoms with van der Waals surface area (Å²) >= 11 is 0. The number of Topliss-reactive ketones (excluding diaryl/α,β-unsaturated/α-hetero) is 1. The average molecular weight is 220 g/mol. The molecule has 3 heteroatoms. The number of aryl methyl sites for hydroxylation is 1. The van der Waals surface area contributed by atoms with Gasteiger partial charge in [0, 0.05) is 18.0 Å². The van der Waals surface area contributed by atoms with Crippen molar-refractivity contribution < 1.29 is 4.79 Å². The monoisotopic (exact) mass is 220 g/mol. The lowest BCUT2D eigenvalue weighted by molar-refractivity contribution is -0.126. The Hall–Kier alpha value is -1.38. The number of hydrogen-bond acceptors (Lipinski definition) is 3. The molecule has 3 nitrogen and oxygen atoms in total. The van der Waals surface area contributed by atoms with E-state index in [0.29, 0.717) is 18.0 Å². The first-order valence-electron chi connectivity index (χ1n) is 5.64. The summed E-state index contributed by atoms with van der Waals surface area (Å²) in [6, 6.07) is 3.83. The summed E-state index contributed by atoms with van der Waals surface area (Å²) < 4.78 is 0. The van der Waals surface area contributed by atoms with Gasteiger partial charge in [-0.3, -0.25) is 4.79 Å². The SMILES string of the molecule is CC(C)(C)C(=O)CCCc1cccnc1N. The van der Waals surface area contributed by atoms with Crippen molar-refractivity contribution in [2.75, 3.05) is 5.73 Å². The van der Waals surface area contributed by atoms with E-state index in [2.05, 4.69) is 4.98 Å². The van der Waals surface area contributed by atoms with E-state index in [1.54, 1.807) is 6.20 Å². The van der Waals surface area contributed by atoms with Crippen molar-refractivity contribution in [3.8, 4) is 0 Å². The Balaban J connectivity index is 2.43. The molecule has 2 N–H and O–H groups in total. The van der Waals surface area contributed by atoms with Gasteiger partial charge < -0.3 is 5.73 Å². The van der Waals surface area contributed by atoms with Crippen molar-refractivity contribution in [1.29, 1.82) is 0 Å². The van der Waals surface area contributed by atoms with Crippen molar-refractivity contribution in [1.82, 2.24) is 4.98 Å². The number of hydrogen-bond donors (Lipinski definition) is 1. The molecule has 0 fully saturated rings. The van der Waals surface area contributed by atoms with Gasteiger partial charge in [-0.05, 0) is 24.5 Å². The maximum Gasteiger partial charge on any atom is 0.138 e. The molecular formula is C13H20N2O. The molecule has 1 heterocycles. The third kappa shape index (κ3) is 3.65. The number of anilines is 1. The standard InChI is InChI=1S/C13H20N2O/c1-13(2,3)11(16)8-4-6-10-7-5-9-15-12(10)14/h5,7,9H,4,6,8H2,1-3H3,(H2,14,15). The van der Waals surface area contributed by atoms with Crippen LogP contribution in [0.15, 0.2) is 18.3 Å². The topological polar surface area (TPSA) is 56.0 Å². The van der Waals surface area contributed by atoms with Crippen LogP contribution in [0.3, 0.4) is 0 Å². The molecule has 1 aromatic heterocycles. The van der Waals surface area contributed by atoms with Crippen LogP contribution in [0.4, 0.5) is 5.82 Å². The van der Waals surface area contributed by atoms with Crippen LogP contribution in [0.5, 0.6) is 0 Å². The summed E-state index contributed by atoms with van der Waals surface area (Å²) in [7, 11) is 0. The van der Waals surface area contributed by atoms with Crippen LogP contribution >= 0.6 is 0 Å². The van der Waals surface area contributed by atoms with Gasteiger partial charge in [-0.25, -0.2) is 4.98 Å². The van der Waals surface area contributed by atoms with Crippen LogP contribution in [0.2, 0.25) is 0 Å². The van der Waals surface area contributed by atoms with E-state index in [4.69, 9.17) is 5.73 Å². The Morgan fingerprint density at radius 2 is 2.12 bits per heavy atom. The average Bonchev–Trinajstić information content (AvgIpc) is 2.19. The summed E-state index contributed by atoms with van der Waals surface area (Å²) in [6.45, 7) is 5.86. The Bertz CT molecular complexity index is 366. The lowest BCUT2D eigenvalue weighted by Crippen LogP contribution is -2.19. The number of aromatic nitrogens is 1. The van der Waals surface area contributed by atoms with Crippen molar-refractivity contribution in [2.24, 2.45) is 5.41 Å². The third-order valence-corrected chi connectivity index (χ3v) is 2.61. The number of ketones is 1. The van der Waals surface area contributed by atoms with Crippen molar-refractivity contribution in [3.05, 3.63) is 23.9 Å². The molecule has 0 saturated heterocycles. The summed E-state index contributed by atoms with van der Waals surface area (Å²) in [4.78, 5) is 15.7. The molecule has 0 aliphatic rings. The highest BCUT2D eigenvalue weighted by atomic mass is 16.1. The molecule has 1 aromatic rings. The molecule has 0 spiro atoms. The van der Waals surface area contributed by atoms with E-state index in [1.165, 1.54) is 0 Å². The zero-order chi connectivity index (χ0) is 12.2. The van der Waals surface area contributed by atoms with Gasteiger partial charge in [-0.15, -0.1) is 0 Å². The number of pyridine rings is 1. The van der Waals surface area contributed by atoms with Crippen LogP contribution in [-0.4, -0.2) is 10.8 Å². The zero-order valence-corrected chi connectivity index (χ0v) is 10.3. The smallest absolute Gasteiger partial charge is 0.138 e. The minimum Gasteiger partial charge on any atom is -0.383 e. The highest BCUT2D eigenvalue weighted by molar-refractivity contribution is 5.83. The number of nitrogens with zero attached hydrogens (tertiary/aromatic N) is 1. The van der Waals surface area contributed by atoms with E-state index >= 15 is 0 Å². The van der Waals surface area contributed by atoms with Gasteiger partial charge in [0.1, 0.15) is 11.6 Å². The Morgan fingerprint density at radius 3 is 2.69 bits per heavy atom. The van der Waals surface area contributed by atoms with Gasteiger partial charge in [-0.2, -0.15) is 0 Å². The van der Waals surface area contributed by atoms with E-state index in [9.17, 15) is 4.79 Å². The van der Waals surface area contributed by atoms with Crippen LogP contribution < -0.4 is 5.73 Å². The van der Waals surface area contributed by atoms with Gasteiger partial charge in [0.25, 0.3) is 0 Å². The molecule has 88 valence electrons. The lowest BCUT2D eigenvalue weighted by Gasteiger charge is -2.16. The van der Waals surface area contributed by atoms with Gasteiger partial charge in [0.05, 0.1) is 0 Å². The van der Waals surface area contributed by atoms with Crippen molar-refractivity contribution in [2.45, 2.75) is 40.0 Å². The molecule has 0 bridgehead atoms. The van der Waals surface area contributed by atoms with Gasteiger partial charge in [0.2, 0.25) is 0 Å². The summed E-state index contributed by atoms with van der Waals surface area (Å²) in [5.74, 6) is 0.876. The number of rotatable bonds is 4. The second kappa shape index (κ2) is 5.10. The maximum absolute atomic E-state index is 11.7. The van der Waals surface area contributed by atoms with Gasteiger partial charge in [0.15, 0.2) is 0 Å². The number of carbonyl (C=O) groups is 1. The lowest BCUT2D eigenvalue weighted by atomic mass is 9.87. The first-order valence-corrected chi connectivity index (χ1v) is 5.64. The second-order valence-electron chi connectivity index (χ2n) is 5.07. The highest BCUT2D eigenvalue weighted by Gasteiger charge is 2.20. The first-order chi connectivity index (χ1) is 7.41. The van der Waals surface area contributed by atoms with Crippen molar-refractivity contribution >= 4 is 11.6 Å². The number of nitrogen functional groups attached to an aromatic ring is 1. The van der Waals surface area contributed by atoms with Crippen LogP contribution in [0.1, 0.15) is 39.2 Å². The van der Waals surface area contributed by atoms with Crippen LogP contribution in [-0.2, 0) is 11.2 Å². The van der Waals surface area contributed by atoms with Crippen LogP contribution in [0, 0.1) is 5.41 Å². The fourth-order valence-electron chi connectivity index (χ4n) is 1.48. The summed E-state index contributed by atoms with van der Waals surface area (Å²) in [5, 5.41) is 0. The molecule has 0 saturated carbocycles. The molecule has 0 unspecified atom stereocenters. The quantitative estimate of drug-likeness (QED) is 0.848. The van der Waals surface area contributed by atoms with E-state index < -0.39 is 0 Å². The Morgan fingerprint density at radius 1 is 1.44 bits per heavy atom. The molecule has 0 amide bonds. The number of nitrogens with two attached hydrogens (primary N) is 1. The molecule has 16 heavy (non-hydrogen) atoms. The van der Waals surface area contributed by atoms with Crippen molar-refractivity contribution in [3.63, 3.8) is 0 Å². The molecule has 0 aliphatic heterocycles. The minimum absolute atomic E-state index is 0.236. The van der Waals surface area contributed by atoms with E-state index in [0.717, 1.165) is 18.4 Å². The largest absolute Gasteiger partial charge is 0.383 e. The third-order valence-electron chi connectivity index (χ3n) is 2.61. The Kier molecular flexibility index (Phi) is 4.05. The Labute approximate surface area is 97.1 Å². The highest BCUT2D eigenvalue weighted by Crippen LogP contribution is 2.19. The van der Waals surface area contributed by atoms with Gasteiger partial charge in [-0.1, -0.05) is 26.8 Å². The van der Waals surface area contributed by atoms with Crippen LogP contribution in [0.25, 0.3) is 0 Å². The fourth-order valence-corrected chi connectivity index (χ4v) is 1.48. The zero-order valence-electron chi connectivity index (χ0n) is 10.3. The fraction of sp³-hybridized carbons (Fsp3) is 0.538. The molecule has 1 rings (SSSR count). The van der Waals surface area contributed by atoms with Gasteiger partial charge >= 0.3 is 0 Å². The molecular weight excluding hydrogens is 200 g/mol. The molecule has 0 aliphatic carbocycles. The predicted molar refractivity (Wildman–Crippen MR) is 66.0 cm³/mol.